The van der Waals surface area contributed by atoms with E-state index < -0.39 is 102 Å². The minimum Gasteiger partial charge on any atom is -0.748 e. The number of ether oxygens (including phenoxy) is 4. The van der Waals surface area contributed by atoms with E-state index >= 15 is 0 Å². The second-order valence-electron chi connectivity index (χ2n) is 34.9. The molecule has 1 saturated heterocycles. The summed E-state index contributed by atoms with van der Waals surface area (Å²) in [5.74, 6) is -20.5. The lowest BCUT2D eigenvalue weighted by molar-refractivity contribution is -0.310. The number of hydrogen-bond donors (Lipinski definition) is 0. The van der Waals surface area contributed by atoms with Crippen LogP contribution in [0.2, 0.25) is 0 Å². The van der Waals surface area contributed by atoms with Crippen LogP contribution < -0.4 is 5.11 Å². The number of benzene rings is 9. The fraction of sp³-hybridized carbons (Fsp3) is 0.427. The number of hydrogen-bond acceptors (Lipinski definition) is 13. The number of alkyl halides is 11. The highest BCUT2D eigenvalue weighted by Crippen LogP contribution is 2.61. The van der Waals surface area contributed by atoms with E-state index in [1.807, 2.05) is 13.8 Å². The first kappa shape index (κ1) is 108. The van der Waals surface area contributed by atoms with Gasteiger partial charge in [-0.15, -0.1) is 0 Å². The third-order valence-corrected chi connectivity index (χ3v) is 30.9. The molecule has 1 aromatic heterocycles. The van der Waals surface area contributed by atoms with Crippen LogP contribution in [0.15, 0.2) is 284 Å². The number of aryl methyl sites for hydroxylation is 1. The van der Waals surface area contributed by atoms with Crippen molar-refractivity contribution in [3.8, 4) is 4.90 Å². The van der Waals surface area contributed by atoms with Crippen molar-refractivity contribution < 1.29 is 109 Å². The zero-order chi connectivity index (χ0) is 96.8. The molecule has 0 atom stereocenters. The largest absolute Gasteiger partial charge is 0.748 e. The third kappa shape index (κ3) is 32.3. The average Bonchev–Trinajstić information content (AvgIpc) is 1.47. The summed E-state index contributed by atoms with van der Waals surface area (Å²) in [4.78, 5) is 65.7. The normalized spacial score (nSPS) is 18.5. The van der Waals surface area contributed by atoms with Gasteiger partial charge in [0.25, 0.3) is 17.8 Å². The van der Waals surface area contributed by atoms with Crippen LogP contribution in [-0.4, -0.2) is 117 Å². The minimum absolute atomic E-state index is 0.00702. The highest BCUT2D eigenvalue weighted by atomic mass is 32.2. The summed E-state index contributed by atoms with van der Waals surface area (Å²) < 4.78 is 185. The van der Waals surface area contributed by atoms with Gasteiger partial charge >= 0.3 is 36.0 Å². The highest BCUT2D eigenvalue weighted by Gasteiger charge is 2.69. The summed E-state index contributed by atoms with van der Waals surface area (Å²) in [5.41, 5.74) is -0.362. The summed E-state index contributed by atoms with van der Waals surface area (Å²) in [6, 6.07) is 90.9. The van der Waals surface area contributed by atoms with Gasteiger partial charge in [0.2, 0.25) is 0 Å². The number of fused-ring (bicyclic) bond motifs is 3. The number of thiophene rings is 1. The number of aliphatic carboxylic acids is 1. The number of nitrogens with zero attached hydrogens (tertiary/aromatic N) is 1. The van der Waals surface area contributed by atoms with Crippen molar-refractivity contribution in [2.24, 2.45) is 34.0 Å². The molecular formula is C103H118F11NO13S4. The van der Waals surface area contributed by atoms with Crippen LogP contribution in [0, 0.1) is 40.9 Å². The van der Waals surface area contributed by atoms with E-state index in [4.69, 9.17) is 9.47 Å². The van der Waals surface area contributed by atoms with E-state index in [1.165, 1.54) is 111 Å². The Bertz CT molecular complexity index is 5120. The average molecular weight is 1920 g/mol. The molecule has 14 nitrogen and oxygen atoms in total. The van der Waals surface area contributed by atoms with E-state index in [1.54, 1.807) is 20.8 Å². The third-order valence-electron chi connectivity index (χ3n) is 23.5. The van der Waals surface area contributed by atoms with E-state index in [0.717, 1.165) is 44.9 Å². The number of carboxylic acids is 1. The van der Waals surface area contributed by atoms with Crippen LogP contribution in [0.4, 0.5) is 48.3 Å². The summed E-state index contributed by atoms with van der Waals surface area (Å²) in [6.07, 6.45) is 11.3. The molecule has 0 radical (unpaired) electrons. The van der Waals surface area contributed by atoms with Gasteiger partial charge in [-0.2, -0.15) is 22.0 Å². The van der Waals surface area contributed by atoms with E-state index in [2.05, 4.69) is 290 Å². The van der Waals surface area contributed by atoms with Crippen molar-refractivity contribution in [1.29, 1.82) is 0 Å². The lowest BCUT2D eigenvalue weighted by Gasteiger charge is -2.55. The van der Waals surface area contributed by atoms with Crippen LogP contribution in [0.5, 0.6) is 0 Å². The fourth-order valence-corrected chi connectivity index (χ4v) is 22.8. The molecule has 0 N–H and O–H groups in total. The molecule has 16 rings (SSSR count). The predicted octanol–water partition coefficient (Wildman–Crippen LogP) is 25.9. The molecule has 0 unspecified atom stereocenters. The Labute approximate surface area is 776 Å². The van der Waals surface area contributed by atoms with Crippen LogP contribution in [0.25, 0.3) is 30.4 Å². The topological polar surface area (TPSA) is 217 Å². The first-order chi connectivity index (χ1) is 62.3. The molecule has 0 amide bonds. The molecule has 2 heterocycles. The van der Waals surface area contributed by atoms with Crippen molar-refractivity contribution in [3.05, 3.63) is 266 Å². The van der Waals surface area contributed by atoms with Gasteiger partial charge in [0, 0.05) is 27.2 Å². The van der Waals surface area contributed by atoms with E-state index in [9.17, 15) is 90.3 Å². The summed E-state index contributed by atoms with van der Waals surface area (Å²) in [6.45, 7) is 9.94. The van der Waals surface area contributed by atoms with Gasteiger partial charge in [0.05, 0.1) is 60.3 Å². The lowest BCUT2D eigenvalue weighted by atomic mass is 9.49. The van der Waals surface area contributed by atoms with E-state index in [0.29, 0.717) is 31.1 Å². The first-order valence-corrected chi connectivity index (χ1v) is 49.4. The van der Waals surface area contributed by atoms with Crippen LogP contribution in [-0.2, 0) is 74.8 Å². The molecule has 4 bridgehead atoms. The van der Waals surface area contributed by atoms with Gasteiger partial charge in [-0.05, 0) is 252 Å². The maximum atomic E-state index is 12.3. The molecular weight excluding hydrogens is 1800 g/mol. The van der Waals surface area contributed by atoms with Gasteiger partial charge in [0.1, 0.15) is 12.2 Å². The number of carboxylic acid groups (broad SMARTS) is 1. The SMILES string of the molecule is CC(F)(F)CC(=O)[O-].CCC(C)(C)C(=O)OCC(=O)OCC(F)(F)F.CCC1(OC(=O)C(C)(C)CC)CCCCCCC1.Cc1ccc([S+](c2ccccc2)c2ccccc2)cc1.FC1(F)C[N-]CC(F)(F)C1(F)F.O=C(OCCS(=O)(=O)[O-])C12CC3CC(CC(C3)C1)C2.c1ccc(-[s+]2c3ccccc3c3ccccc32)cc1.c1ccc([S+](c2ccccc2)c2ccccc2)cc1. The van der Waals surface area contributed by atoms with Crippen LogP contribution >= 0.6 is 10.5 Å². The quantitative estimate of drug-likeness (QED) is 0.0203. The Balaban J connectivity index is 0.000000188. The monoisotopic (exact) mass is 1910 g/mol. The molecule has 714 valence electrons. The molecule has 6 fully saturated rings. The maximum Gasteiger partial charge on any atom is 0.422 e. The van der Waals surface area contributed by atoms with Crippen molar-refractivity contribution in [2.75, 3.05) is 38.7 Å². The van der Waals surface area contributed by atoms with Crippen LogP contribution in [0.3, 0.4) is 0 Å². The van der Waals surface area contributed by atoms with Gasteiger partial charge in [0.15, 0.2) is 56.9 Å². The molecule has 5 saturated carbocycles. The number of carbonyl (C=O) groups excluding carboxylic acids is 5. The van der Waals surface area contributed by atoms with Crippen molar-refractivity contribution in [3.63, 3.8) is 0 Å². The zero-order valence-corrected chi connectivity index (χ0v) is 79.1. The Morgan fingerprint density at radius 1 is 0.477 bits per heavy atom. The minimum atomic E-state index is -5.29. The summed E-state index contributed by atoms with van der Waals surface area (Å²) in [7, 11) is -4.28. The van der Waals surface area contributed by atoms with Crippen molar-refractivity contribution >= 4 is 92.4 Å². The predicted molar refractivity (Wildman–Crippen MR) is 495 cm³/mol. The number of halogens is 11. The highest BCUT2D eigenvalue weighted by molar-refractivity contribution is 7.97. The first-order valence-electron chi connectivity index (χ1n) is 44.1. The van der Waals surface area contributed by atoms with Gasteiger partial charge in [-0.3, -0.25) is 14.4 Å². The lowest BCUT2D eigenvalue weighted by Crippen LogP contribution is -2.60. The van der Waals surface area contributed by atoms with Crippen molar-refractivity contribution in [1.82, 2.24) is 0 Å². The Kier molecular flexibility index (Phi) is 40.0. The Morgan fingerprint density at radius 3 is 1.17 bits per heavy atom. The number of piperidine rings is 1. The molecule has 1 aliphatic heterocycles. The fourth-order valence-electron chi connectivity index (χ4n) is 16.0. The van der Waals surface area contributed by atoms with Gasteiger partial charge in [-0.1, -0.05) is 204 Å². The summed E-state index contributed by atoms with van der Waals surface area (Å²) >= 11 is 0. The number of carbonyl (C=O) groups is 5. The molecule has 0 spiro atoms. The summed E-state index contributed by atoms with van der Waals surface area (Å²) in [5, 5.41) is 14.8. The second kappa shape index (κ2) is 49.0. The van der Waals surface area contributed by atoms with Gasteiger partial charge < -0.3 is 38.7 Å². The molecule has 5 aliphatic carbocycles. The molecule has 29 heteroatoms. The van der Waals surface area contributed by atoms with E-state index in [-0.39, 0.29) is 67.2 Å². The smallest absolute Gasteiger partial charge is 0.422 e. The van der Waals surface area contributed by atoms with Gasteiger partial charge in [-0.25, -0.2) is 39.6 Å². The number of esters is 4. The van der Waals surface area contributed by atoms with Crippen molar-refractivity contribution in [2.45, 2.75) is 236 Å². The Morgan fingerprint density at radius 2 is 0.833 bits per heavy atom. The molecule has 132 heavy (non-hydrogen) atoms. The van der Waals surface area contributed by atoms with Crippen LogP contribution in [0.1, 0.15) is 170 Å². The maximum absolute atomic E-state index is 12.3. The second-order valence-corrected chi connectivity index (χ2v) is 42.4. The molecule has 6 aliphatic rings. The number of rotatable bonds is 22. The molecule has 10 aromatic rings. The molecule has 9 aromatic carbocycles. The standard InChI is InChI=1S/C19H17S.C18H13S.C18H15S.C16H30O2.C13H20O5S.C10H15F3O4.C5H4F6N.C4H6F2O2/c1-16-12-14-19(15-13-16)20(17-8-4-2-5-9-17)18-10-6-3-7-11-18;1-2-8-14(9-3-1)19-17-12-6-4-10-15(17)16-11-5-7-13-18(16)19;1-4-10-16(11-5-1)19(17-12-6-2-7-13-17)18-14-8-3-9-15-18;1-5-15(3,4)14(17)18-16(6-2)12-10-8-7-9-11-13-16;14-12(18-1-2-19(15,16)17)13-6-9-3-10(7-13)5-11(4-9)8-13;1-4-9(2,3)8(15)16-5-7(14)17-6-10(11,12)13;6-3(7)1-12-2-4(8,9)5(3,10)11;1-4(5,6)2-3(7)8/h2-15H,1H3;1-13H;1-15H;5-13H2,1-4H3;9-11H,1-8H2,(H,15,16,17);4-6H2,1-3H3;1-2H2;2H2,1H3,(H,7,8)/q3*+1;;;;-1;/p-2. The Hall–Kier alpha value is -9.65. The zero-order valence-electron chi connectivity index (χ0n) is 75.8.